The number of nitrogens with zero attached hydrogens (tertiary/aromatic N) is 2. The van der Waals surface area contributed by atoms with Crippen LogP contribution >= 0.6 is 22.7 Å². The molecule has 1 aliphatic heterocycles. The molecule has 7 heteroatoms. The SMILES string of the molecule is Cc1nc(-c2cc(S(=O)(=O)N3CCC(C)CC3)c(C)s2)sc1C. The third-order valence-electron chi connectivity index (χ3n) is 4.47. The first kappa shape index (κ1) is 17.1. The lowest BCUT2D eigenvalue weighted by Gasteiger charge is -2.29. The summed E-state index contributed by atoms with van der Waals surface area (Å²) in [5.41, 5.74) is 1.02. The van der Waals surface area contributed by atoms with E-state index in [2.05, 4.69) is 11.9 Å². The van der Waals surface area contributed by atoms with Crippen LogP contribution in [0.4, 0.5) is 0 Å². The lowest BCUT2D eigenvalue weighted by molar-refractivity contribution is 0.288. The first-order valence-electron chi connectivity index (χ1n) is 7.84. The molecule has 0 aliphatic carbocycles. The maximum Gasteiger partial charge on any atom is 0.244 e. The molecule has 2 aromatic rings. The molecule has 0 aromatic carbocycles. The zero-order chi connectivity index (χ0) is 16.8. The summed E-state index contributed by atoms with van der Waals surface area (Å²) >= 11 is 3.15. The van der Waals surface area contributed by atoms with Crippen LogP contribution in [-0.2, 0) is 10.0 Å². The van der Waals surface area contributed by atoms with Crippen molar-refractivity contribution in [2.45, 2.75) is 45.4 Å². The van der Waals surface area contributed by atoms with E-state index < -0.39 is 10.0 Å². The van der Waals surface area contributed by atoms with Crippen LogP contribution in [0.3, 0.4) is 0 Å². The highest BCUT2D eigenvalue weighted by molar-refractivity contribution is 7.89. The van der Waals surface area contributed by atoms with E-state index in [0.717, 1.165) is 33.3 Å². The number of piperidine rings is 1. The zero-order valence-electron chi connectivity index (χ0n) is 13.9. The van der Waals surface area contributed by atoms with Crippen LogP contribution in [0.1, 0.15) is 35.2 Å². The minimum atomic E-state index is -3.39. The second-order valence-electron chi connectivity index (χ2n) is 6.28. The first-order valence-corrected chi connectivity index (χ1v) is 10.9. The van der Waals surface area contributed by atoms with E-state index in [1.165, 1.54) is 16.2 Å². The van der Waals surface area contributed by atoms with Crippen LogP contribution in [0.15, 0.2) is 11.0 Å². The highest BCUT2D eigenvalue weighted by atomic mass is 32.2. The summed E-state index contributed by atoms with van der Waals surface area (Å²) in [6.07, 6.45) is 1.89. The number of aromatic nitrogens is 1. The summed E-state index contributed by atoms with van der Waals surface area (Å²) in [6.45, 7) is 9.37. The van der Waals surface area contributed by atoms with Gasteiger partial charge in [-0.3, -0.25) is 0 Å². The average Bonchev–Trinajstić information content (AvgIpc) is 3.03. The Morgan fingerprint density at radius 2 is 1.78 bits per heavy atom. The second kappa shape index (κ2) is 6.27. The Kier molecular flexibility index (Phi) is 4.66. The van der Waals surface area contributed by atoms with E-state index in [0.29, 0.717) is 23.9 Å². The molecular weight excluding hydrogens is 348 g/mol. The van der Waals surface area contributed by atoms with E-state index >= 15 is 0 Å². The van der Waals surface area contributed by atoms with Gasteiger partial charge >= 0.3 is 0 Å². The monoisotopic (exact) mass is 370 g/mol. The van der Waals surface area contributed by atoms with Gasteiger partial charge in [-0.25, -0.2) is 13.4 Å². The minimum absolute atomic E-state index is 0.456. The van der Waals surface area contributed by atoms with E-state index in [1.807, 2.05) is 26.8 Å². The third-order valence-corrected chi connectivity index (χ3v) is 8.92. The Labute approximate surface area is 146 Å². The fourth-order valence-electron chi connectivity index (χ4n) is 2.77. The molecular formula is C16H22N2O2S3. The molecule has 1 saturated heterocycles. The summed E-state index contributed by atoms with van der Waals surface area (Å²) in [5.74, 6) is 0.613. The summed E-state index contributed by atoms with van der Waals surface area (Å²) in [6, 6.07) is 1.81. The fourth-order valence-corrected chi connectivity index (χ4v) is 6.76. The molecule has 3 heterocycles. The third kappa shape index (κ3) is 3.24. The van der Waals surface area contributed by atoms with Gasteiger partial charge in [0, 0.05) is 22.8 Å². The van der Waals surface area contributed by atoms with Gasteiger partial charge in [-0.2, -0.15) is 4.31 Å². The Morgan fingerprint density at radius 3 is 2.35 bits per heavy atom. The summed E-state index contributed by atoms with van der Waals surface area (Å²) in [7, 11) is -3.39. The molecule has 0 N–H and O–H groups in total. The summed E-state index contributed by atoms with van der Waals surface area (Å²) < 4.78 is 27.5. The Morgan fingerprint density at radius 1 is 1.13 bits per heavy atom. The molecule has 0 atom stereocenters. The molecule has 0 bridgehead atoms. The first-order chi connectivity index (χ1) is 10.8. The van der Waals surface area contributed by atoms with Gasteiger partial charge in [-0.1, -0.05) is 6.92 Å². The zero-order valence-corrected chi connectivity index (χ0v) is 16.4. The van der Waals surface area contributed by atoms with Crippen LogP contribution in [0.25, 0.3) is 9.88 Å². The molecule has 0 radical (unpaired) electrons. The molecule has 2 aromatic heterocycles. The molecule has 0 unspecified atom stereocenters. The highest BCUT2D eigenvalue weighted by Gasteiger charge is 2.30. The largest absolute Gasteiger partial charge is 0.244 e. The average molecular weight is 371 g/mol. The van der Waals surface area contributed by atoms with Crippen molar-refractivity contribution in [1.82, 2.24) is 9.29 Å². The van der Waals surface area contributed by atoms with Crippen LogP contribution < -0.4 is 0 Å². The number of aryl methyl sites for hydroxylation is 3. The quantitative estimate of drug-likeness (QED) is 0.813. The van der Waals surface area contributed by atoms with Crippen molar-refractivity contribution in [3.8, 4) is 9.88 Å². The number of thiophene rings is 1. The molecule has 0 saturated carbocycles. The van der Waals surface area contributed by atoms with Crippen LogP contribution in [0.2, 0.25) is 0 Å². The van der Waals surface area contributed by atoms with E-state index in [9.17, 15) is 8.42 Å². The van der Waals surface area contributed by atoms with Crippen molar-refractivity contribution >= 4 is 32.7 Å². The molecule has 1 fully saturated rings. The minimum Gasteiger partial charge on any atom is -0.240 e. The van der Waals surface area contributed by atoms with Gasteiger partial charge in [-0.05, 0) is 45.6 Å². The molecule has 23 heavy (non-hydrogen) atoms. The Bertz CT molecular complexity index is 793. The normalized spacial score (nSPS) is 17.7. The number of hydrogen-bond donors (Lipinski definition) is 0. The van der Waals surface area contributed by atoms with E-state index in [-0.39, 0.29) is 0 Å². The van der Waals surface area contributed by atoms with Gasteiger partial charge in [0.05, 0.1) is 15.5 Å². The van der Waals surface area contributed by atoms with E-state index in [1.54, 1.807) is 15.6 Å². The molecule has 3 rings (SSSR count). The van der Waals surface area contributed by atoms with Gasteiger partial charge < -0.3 is 0 Å². The summed E-state index contributed by atoms with van der Waals surface area (Å²) in [5, 5.41) is 0.918. The van der Waals surface area contributed by atoms with Crippen molar-refractivity contribution < 1.29 is 8.42 Å². The van der Waals surface area contributed by atoms with Gasteiger partial charge in [0.15, 0.2) is 0 Å². The molecule has 126 valence electrons. The molecule has 0 amide bonds. The lowest BCUT2D eigenvalue weighted by Crippen LogP contribution is -2.37. The predicted octanol–water partition coefficient (Wildman–Crippen LogP) is 4.22. The Balaban J connectivity index is 1.94. The van der Waals surface area contributed by atoms with Gasteiger partial charge in [-0.15, -0.1) is 22.7 Å². The molecule has 0 spiro atoms. The smallest absolute Gasteiger partial charge is 0.240 e. The van der Waals surface area contributed by atoms with E-state index in [4.69, 9.17) is 0 Å². The maximum absolute atomic E-state index is 12.9. The van der Waals surface area contributed by atoms with Gasteiger partial charge in [0.25, 0.3) is 0 Å². The maximum atomic E-state index is 12.9. The number of rotatable bonds is 3. The van der Waals surface area contributed by atoms with Crippen molar-refractivity contribution in [3.05, 3.63) is 21.5 Å². The number of sulfonamides is 1. The van der Waals surface area contributed by atoms with Gasteiger partial charge in [0.1, 0.15) is 5.01 Å². The van der Waals surface area contributed by atoms with Gasteiger partial charge in [0.2, 0.25) is 10.0 Å². The van der Waals surface area contributed by atoms with Crippen molar-refractivity contribution in [2.75, 3.05) is 13.1 Å². The standard InChI is InChI=1S/C16H22N2O2S3/c1-10-5-7-18(8-6-10)23(19,20)15-9-14(21-13(15)4)16-17-11(2)12(3)22-16/h9-10H,5-8H2,1-4H3. The van der Waals surface area contributed by atoms with Crippen molar-refractivity contribution in [3.63, 3.8) is 0 Å². The molecule has 4 nitrogen and oxygen atoms in total. The summed E-state index contributed by atoms with van der Waals surface area (Å²) in [4.78, 5) is 8.00. The lowest BCUT2D eigenvalue weighted by atomic mass is 10.0. The number of hydrogen-bond acceptors (Lipinski definition) is 5. The molecule has 1 aliphatic rings. The fraction of sp³-hybridized carbons (Fsp3) is 0.562. The van der Waals surface area contributed by atoms with Crippen LogP contribution in [-0.4, -0.2) is 30.8 Å². The highest BCUT2D eigenvalue weighted by Crippen LogP contribution is 2.38. The second-order valence-corrected chi connectivity index (χ2v) is 10.6. The van der Waals surface area contributed by atoms with Crippen molar-refractivity contribution in [2.24, 2.45) is 5.92 Å². The topological polar surface area (TPSA) is 50.3 Å². The van der Waals surface area contributed by atoms with Crippen molar-refractivity contribution in [1.29, 1.82) is 0 Å². The predicted molar refractivity (Wildman–Crippen MR) is 96.8 cm³/mol. The van der Waals surface area contributed by atoms with Crippen LogP contribution in [0, 0.1) is 26.7 Å². The Hall–Kier alpha value is -0.760. The number of thiazole rings is 1. The van der Waals surface area contributed by atoms with Crippen LogP contribution in [0.5, 0.6) is 0 Å².